The Balaban J connectivity index is 1.35. The van der Waals surface area contributed by atoms with Crippen molar-refractivity contribution in [3.05, 3.63) is 112 Å². The highest BCUT2D eigenvalue weighted by atomic mass is 35.5. The van der Waals surface area contributed by atoms with Crippen molar-refractivity contribution in [2.75, 3.05) is 12.1 Å². The Kier molecular flexibility index (Phi) is 7.06. The Morgan fingerprint density at radius 2 is 1.86 bits per heavy atom. The topological polar surface area (TPSA) is 79.2 Å². The van der Waals surface area contributed by atoms with Crippen LogP contribution in [0.1, 0.15) is 39.6 Å². The fraction of sp³-hybridized carbons (Fsp3) is 0.111. The van der Waals surface area contributed by atoms with Crippen molar-refractivity contribution in [2.45, 2.75) is 12.5 Å². The van der Waals surface area contributed by atoms with Crippen LogP contribution < -0.4 is 15.2 Å². The van der Waals surface area contributed by atoms with E-state index in [1.165, 1.54) is 11.3 Å². The van der Waals surface area contributed by atoms with E-state index in [9.17, 15) is 4.79 Å². The number of nitrogens with zero attached hydrogens (tertiary/aromatic N) is 4. The molecule has 1 atom stereocenters. The van der Waals surface area contributed by atoms with Crippen molar-refractivity contribution < 1.29 is 9.53 Å². The number of aromatic nitrogens is 1. The number of ether oxygens (including phenoxy) is 1. The summed E-state index contributed by atoms with van der Waals surface area (Å²) in [5, 5.41) is 13.8. The molecule has 3 aromatic carbocycles. The lowest BCUT2D eigenvalue weighted by Crippen LogP contribution is -2.20. The molecule has 180 valence electrons. The maximum absolute atomic E-state index is 12.7. The zero-order valence-electron chi connectivity index (χ0n) is 19.3. The van der Waals surface area contributed by atoms with Crippen LogP contribution in [0.3, 0.4) is 0 Å². The van der Waals surface area contributed by atoms with Crippen LogP contribution in [0.4, 0.5) is 5.13 Å². The van der Waals surface area contributed by atoms with E-state index in [4.69, 9.17) is 21.4 Å². The summed E-state index contributed by atoms with van der Waals surface area (Å²) in [5.41, 5.74) is 6.73. The van der Waals surface area contributed by atoms with Crippen LogP contribution in [0.5, 0.6) is 5.75 Å². The lowest BCUT2D eigenvalue weighted by Gasteiger charge is -2.21. The summed E-state index contributed by atoms with van der Waals surface area (Å²) in [7, 11) is 1.61. The van der Waals surface area contributed by atoms with Gasteiger partial charge in [0.2, 0.25) is 5.13 Å². The van der Waals surface area contributed by atoms with E-state index in [-0.39, 0.29) is 11.7 Å². The monoisotopic (exact) mass is 515 g/mol. The van der Waals surface area contributed by atoms with Crippen molar-refractivity contribution in [3.63, 3.8) is 0 Å². The van der Waals surface area contributed by atoms with Crippen LogP contribution in [-0.4, -0.2) is 29.9 Å². The highest BCUT2D eigenvalue weighted by Crippen LogP contribution is 2.38. The molecule has 2 heterocycles. The number of halogens is 1. The number of rotatable bonds is 7. The fourth-order valence-corrected chi connectivity index (χ4v) is 4.75. The highest BCUT2D eigenvalue weighted by molar-refractivity contribution is 7.14. The van der Waals surface area contributed by atoms with Gasteiger partial charge in [-0.1, -0.05) is 54.1 Å². The molecule has 0 spiro atoms. The molecule has 1 aliphatic heterocycles. The molecular weight excluding hydrogens is 494 g/mol. The Labute approximate surface area is 217 Å². The van der Waals surface area contributed by atoms with Gasteiger partial charge >= 0.3 is 0 Å². The van der Waals surface area contributed by atoms with E-state index >= 15 is 0 Å². The van der Waals surface area contributed by atoms with Crippen LogP contribution in [0, 0.1) is 0 Å². The molecule has 4 aromatic rings. The molecule has 0 radical (unpaired) electrons. The molecule has 0 bridgehead atoms. The van der Waals surface area contributed by atoms with Gasteiger partial charge in [0, 0.05) is 16.8 Å². The number of carbonyl (C=O) groups is 1. The molecule has 1 aliphatic rings. The minimum absolute atomic E-state index is 0.0624. The summed E-state index contributed by atoms with van der Waals surface area (Å²) in [6.45, 7) is 0. The zero-order chi connectivity index (χ0) is 24.9. The van der Waals surface area contributed by atoms with Crippen LogP contribution >= 0.6 is 22.9 Å². The average molecular weight is 516 g/mol. The molecule has 0 saturated heterocycles. The van der Waals surface area contributed by atoms with Gasteiger partial charge in [0.1, 0.15) is 11.4 Å². The van der Waals surface area contributed by atoms with E-state index in [0.29, 0.717) is 16.6 Å². The third-order valence-electron chi connectivity index (χ3n) is 5.69. The number of nitrogens with one attached hydrogen (secondary N) is 1. The summed E-state index contributed by atoms with van der Waals surface area (Å²) in [6, 6.07) is 25.1. The number of benzene rings is 3. The van der Waals surface area contributed by atoms with Gasteiger partial charge in [-0.25, -0.2) is 15.4 Å². The summed E-state index contributed by atoms with van der Waals surface area (Å²) in [6.07, 6.45) is 2.27. The number of anilines is 1. The number of hydrazone groups is 2. The molecule has 0 fully saturated rings. The van der Waals surface area contributed by atoms with E-state index in [1.54, 1.807) is 18.7 Å². The first kappa shape index (κ1) is 23.7. The van der Waals surface area contributed by atoms with Crippen LogP contribution in [0.15, 0.2) is 94.4 Å². The van der Waals surface area contributed by atoms with Crippen molar-refractivity contribution in [2.24, 2.45) is 10.2 Å². The van der Waals surface area contributed by atoms with Crippen molar-refractivity contribution in [3.8, 4) is 5.75 Å². The maximum Gasteiger partial charge on any atom is 0.290 e. The number of hydrogen-bond donors (Lipinski definition) is 1. The number of amides is 1. The Morgan fingerprint density at radius 1 is 1.11 bits per heavy atom. The molecule has 0 saturated carbocycles. The molecule has 1 N–H and O–H groups in total. The molecule has 9 heteroatoms. The van der Waals surface area contributed by atoms with Crippen molar-refractivity contribution >= 4 is 45.9 Å². The van der Waals surface area contributed by atoms with E-state index in [0.717, 1.165) is 28.2 Å². The third kappa shape index (κ3) is 5.30. The second kappa shape index (κ2) is 10.7. The van der Waals surface area contributed by atoms with Gasteiger partial charge in [-0.15, -0.1) is 11.3 Å². The predicted molar refractivity (Wildman–Crippen MR) is 144 cm³/mol. The van der Waals surface area contributed by atoms with Crippen LogP contribution in [0.25, 0.3) is 0 Å². The van der Waals surface area contributed by atoms with E-state index in [1.807, 2.05) is 83.9 Å². The normalized spacial score (nSPS) is 15.2. The Bertz CT molecular complexity index is 1400. The van der Waals surface area contributed by atoms with Gasteiger partial charge < -0.3 is 4.74 Å². The largest absolute Gasteiger partial charge is 0.497 e. The number of methoxy groups -OCH3 is 1. The van der Waals surface area contributed by atoms with Gasteiger partial charge in [0.05, 0.1) is 25.1 Å². The minimum atomic E-state index is -0.392. The third-order valence-corrected chi connectivity index (χ3v) is 6.77. The molecule has 1 amide bonds. The lowest BCUT2D eigenvalue weighted by atomic mass is 9.99. The van der Waals surface area contributed by atoms with Crippen molar-refractivity contribution in [1.82, 2.24) is 10.4 Å². The lowest BCUT2D eigenvalue weighted by molar-refractivity contribution is 0.0951. The van der Waals surface area contributed by atoms with Gasteiger partial charge in [-0.05, 0) is 53.1 Å². The molecule has 0 aliphatic carbocycles. The fourth-order valence-electron chi connectivity index (χ4n) is 3.82. The summed E-state index contributed by atoms with van der Waals surface area (Å²) in [4.78, 5) is 17.2. The number of thiazole rings is 1. The summed E-state index contributed by atoms with van der Waals surface area (Å²) >= 11 is 7.48. The highest BCUT2D eigenvalue weighted by Gasteiger charge is 2.32. The SMILES string of the molecule is COc1ccc(C=NNC(=O)c2csc(N3N=C(c4ccccc4)CC3c3ccc(Cl)cc3)n2)cc1. The molecular formula is C27H22ClN5O2S. The zero-order valence-corrected chi connectivity index (χ0v) is 20.9. The van der Waals surface area contributed by atoms with Gasteiger partial charge in [-0.3, -0.25) is 4.79 Å². The Morgan fingerprint density at radius 3 is 2.58 bits per heavy atom. The van der Waals surface area contributed by atoms with Crippen LogP contribution in [0.2, 0.25) is 5.02 Å². The molecule has 1 aromatic heterocycles. The van der Waals surface area contributed by atoms with Gasteiger partial charge in [0.15, 0.2) is 0 Å². The number of hydrogen-bond acceptors (Lipinski definition) is 7. The molecule has 36 heavy (non-hydrogen) atoms. The summed E-state index contributed by atoms with van der Waals surface area (Å²) in [5.74, 6) is 0.361. The van der Waals surface area contributed by atoms with Crippen molar-refractivity contribution in [1.29, 1.82) is 0 Å². The molecule has 7 nitrogen and oxygen atoms in total. The summed E-state index contributed by atoms with van der Waals surface area (Å²) < 4.78 is 5.15. The Hall–Kier alpha value is -4.01. The standard InChI is InChI=1S/C27H22ClN5O2S/c1-35-22-13-7-18(8-14-22)16-29-31-26(34)24-17-36-27(30-24)33-25(20-9-11-21(28)12-10-20)15-23(32-33)19-5-3-2-4-6-19/h2-14,16-17,25H,15H2,1H3,(H,31,34). The van der Waals surface area contributed by atoms with Gasteiger partial charge in [-0.2, -0.15) is 10.2 Å². The first-order chi connectivity index (χ1) is 17.6. The average Bonchev–Trinajstić information content (AvgIpc) is 3.58. The van der Waals surface area contributed by atoms with Gasteiger partial charge in [0.25, 0.3) is 5.91 Å². The number of carbonyl (C=O) groups excluding carboxylic acids is 1. The first-order valence-electron chi connectivity index (χ1n) is 11.2. The maximum atomic E-state index is 12.7. The van der Waals surface area contributed by atoms with E-state index < -0.39 is 5.91 Å². The minimum Gasteiger partial charge on any atom is -0.497 e. The smallest absolute Gasteiger partial charge is 0.290 e. The predicted octanol–water partition coefficient (Wildman–Crippen LogP) is 5.92. The van der Waals surface area contributed by atoms with E-state index in [2.05, 4.69) is 15.5 Å². The quantitative estimate of drug-likeness (QED) is 0.244. The molecule has 1 unspecified atom stereocenters. The second-order valence-corrected chi connectivity index (χ2v) is 9.29. The second-order valence-electron chi connectivity index (χ2n) is 8.02. The first-order valence-corrected chi connectivity index (χ1v) is 12.5. The van der Waals surface area contributed by atoms with Crippen LogP contribution in [-0.2, 0) is 0 Å². The molecule has 5 rings (SSSR count).